The van der Waals surface area contributed by atoms with Gasteiger partial charge in [-0.05, 0) is 12.5 Å². The molecule has 0 saturated heterocycles. The number of aryl methyl sites for hydroxylation is 1. The van der Waals surface area contributed by atoms with Gasteiger partial charge in [-0.1, -0.05) is 29.8 Å². The van der Waals surface area contributed by atoms with Crippen LogP contribution in [0.1, 0.15) is 11.1 Å². The Morgan fingerprint density at radius 1 is 0.895 bits per heavy atom. The highest BCUT2D eigenvalue weighted by molar-refractivity contribution is 5.82. The van der Waals surface area contributed by atoms with Gasteiger partial charge >= 0.3 is 0 Å². The van der Waals surface area contributed by atoms with Crippen LogP contribution in [0.2, 0.25) is 0 Å². The number of hydrogen-bond donors (Lipinski definition) is 0. The molecule has 19 heavy (non-hydrogen) atoms. The van der Waals surface area contributed by atoms with Crippen molar-refractivity contribution in [1.82, 2.24) is 0 Å². The Bertz CT molecular complexity index is 552. The van der Waals surface area contributed by atoms with Crippen LogP contribution in [0, 0.1) is 6.92 Å². The lowest BCUT2D eigenvalue weighted by atomic mass is 10.2. The molecule has 3 nitrogen and oxygen atoms in total. The normalized spacial score (nSPS) is 10.7. The van der Waals surface area contributed by atoms with Crippen molar-refractivity contribution in [1.29, 1.82) is 0 Å². The van der Waals surface area contributed by atoms with Gasteiger partial charge in [0.15, 0.2) is 0 Å². The van der Waals surface area contributed by atoms with Gasteiger partial charge in [-0.15, -0.1) is 0 Å². The van der Waals surface area contributed by atoms with Crippen LogP contribution in [0.3, 0.4) is 0 Å². The molecule has 0 amide bonds. The lowest BCUT2D eigenvalue weighted by molar-refractivity contribution is 0.394. The first kappa shape index (κ1) is 13.1. The summed E-state index contributed by atoms with van der Waals surface area (Å²) < 4.78 is 10.4. The van der Waals surface area contributed by atoms with E-state index in [0.29, 0.717) is 0 Å². The van der Waals surface area contributed by atoms with Gasteiger partial charge in [-0.2, -0.15) is 0 Å². The molecule has 0 spiro atoms. The Balaban J connectivity index is 2.24. The Labute approximate surface area is 113 Å². The van der Waals surface area contributed by atoms with Crippen LogP contribution in [0.5, 0.6) is 11.5 Å². The maximum absolute atomic E-state index is 5.21. The lowest BCUT2D eigenvalue weighted by Gasteiger charge is -2.05. The molecule has 0 fully saturated rings. The average Bonchev–Trinajstić information content (AvgIpc) is 2.46. The molecule has 0 radical (unpaired) electrons. The molecule has 98 valence electrons. The van der Waals surface area contributed by atoms with Gasteiger partial charge in [0.1, 0.15) is 11.5 Å². The van der Waals surface area contributed by atoms with Crippen LogP contribution < -0.4 is 9.47 Å². The minimum absolute atomic E-state index is 0.732. The van der Waals surface area contributed by atoms with Gasteiger partial charge in [0.2, 0.25) is 0 Å². The number of aliphatic imine (C=N–C) groups is 1. The second kappa shape index (κ2) is 6.05. The van der Waals surface area contributed by atoms with Crippen molar-refractivity contribution < 1.29 is 9.47 Å². The van der Waals surface area contributed by atoms with E-state index in [2.05, 4.69) is 24.0 Å². The SMILES string of the molecule is COc1cc(/N=C/c2ccc(C)cc2)cc(OC)c1. The second-order valence-corrected chi connectivity index (χ2v) is 4.24. The number of methoxy groups -OCH3 is 2. The molecule has 0 aromatic heterocycles. The minimum Gasteiger partial charge on any atom is -0.497 e. The standard InChI is InChI=1S/C16H17NO2/c1-12-4-6-13(7-5-12)11-17-14-8-15(18-2)10-16(9-14)19-3/h4-11H,1-3H3/b17-11+. The number of ether oxygens (including phenoxy) is 2. The van der Waals surface area contributed by atoms with Crippen LogP contribution in [-0.4, -0.2) is 20.4 Å². The number of hydrogen-bond acceptors (Lipinski definition) is 3. The maximum atomic E-state index is 5.21. The molecule has 0 heterocycles. The molecule has 0 unspecified atom stereocenters. The third-order valence-corrected chi connectivity index (χ3v) is 2.78. The molecule has 3 heteroatoms. The highest BCUT2D eigenvalue weighted by atomic mass is 16.5. The smallest absolute Gasteiger partial charge is 0.124 e. The van der Waals surface area contributed by atoms with E-state index in [0.717, 1.165) is 22.7 Å². The van der Waals surface area contributed by atoms with E-state index in [-0.39, 0.29) is 0 Å². The predicted octanol–water partition coefficient (Wildman–Crippen LogP) is 3.76. The van der Waals surface area contributed by atoms with Crippen LogP contribution >= 0.6 is 0 Å². The molecule has 0 atom stereocenters. The summed E-state index contributed by atoms with van der Waals surface area (Å²) in [6, 6.07) is 13.8. The van der Waals surface area contributed by atoms with Crippen molar-refractivity contribution in [2.45, 2.75) is 6.92 Å². The monoisotopic (exact) mass is 255 g/mol. The van der Waals surface area contributed by atoms with Gasteiger partial charge in [-0.3, -0.25) is 4.99 Å². The highest BCUT2D eigenvalue weighted by Gasteiger charge is 2.00. The third-order valence-electron chi connectivity index (χ3n) is 2.78. The van der Waals surface area contributed by atoms with E-state index in [1.165, 1.54) is 5.56 Å². The molecule has 0 N–H and O–H groups in total. The van der Waals surface area contributed by atoms with Crippen LogP contribution in [-0.2, 0) is 0 Å². The minimum atomic E-state index is 0.732. The molecule has 2 rings (SSSR count). The number of benzene rings is 2. The summed E-state index contributed by atoms with van der Waals surface area (Å²) in [7, 11) is 3.25. The van der Waals surface area contributed by atoms with E-state index in [9.17, 15) is 0 Å². The van der Waals surface area contributed by atoms with Gasteiger partial charge in [0, 0.05) is 24.4 Å². The van der Waals surface area contributed by atoms with E-state index in [1.807, 2.05) is 36.5 Å². The lowest BCUT2D eigenvalue weighted by Crippen LogP contribution is -1.87. The fourth-order valence-electron chi connectivity index (χ4n) is 1.67. The molecule has 2 aromatic rings. The summed E-state index contributed by atoms with van der Waals surface area (Å²) >= 11 is 0. The van der Waals surface area contributed by atoms with Crippen molar-refractivity contribution in [3.05, 3.63) is 53.6 Å². The van der Waals surface area contributed by atoms with Crippen molar-refractivity contribution in [3.63, 3.8) is 0 Å². The Morgan fingerprint density at radius 2 is 1.47 bits per heavy atom. The zero-order valence-electron chi connectivity index (χ0n) is 11.4. The summed E-state index contributed by atoms with van der Waals surface area (Å²) in [5, 5.41) is 0. The van der Waals surface area contributed by atoms with E-state index in [1.54, 1.807) is 14.2 Å². The highest BCUT2D eigenvalue weighted by Crippen LogP contribution is 2.27. The van der Waals surface area contributed by atoms with Gasteiger partial charge < -0.3 is 9.47 Å². The zero-order chi connectivity index (χ0) is 13.7. The number of nitrogens with zero attached hydrogens (tertiary/aromatic N) is 1. The van der Waals surface area contributed by atoms with E-state index >= 15 is 0 Å². The van der Waals surface area contributed by atoms with E-state index < -0.39 is 0 Å². The van der Waals surface area contributed by atoms with E-state index in [4.69, 9.17) is 9.47 Å². The second-order valence-electron chi connectivity index (χ2n) is 4.24. The van der Waals surface area contributed by atoms with Crippen molar-refractivity contribution in [2.24, 2.45) is 4.99 Å². The summed E-state index contributed by atoms with van der Waals surface area (Å²) in [5.74, 6) is 1.46. The van der Waals surface area contributed by atoms with Crippen LogP contribution in [0.15, 0.2) is 47.5 Å². The molecule has 2 aromatic carbocycles. The van der Waals surface area contributed by atoms with Gasteiger partial charge in [-0.25, -0.2) is 0 Å². The van der Waals surface area contributed by atoms with Crippen molar-refractivity contribution >= 4 is 11.9 Å². The quantitative estimate of drug-likeness (QED) is 0.779. The van der Waals surface area contributed by atoms with Crippen molar-refractivity contribution in [3.8, 4) is 11.5 Å². The molecular weight excluding hydrogens is 238 g/mol. The zero-order valence-corrected chi connectivity index (χ0v) is 11.4. The average molecular weight is 255 g/mol. The molecular formula is C16H17NO2. The largest absolute Gasteiger partial charge is 0.497 e. The first-order valence-electron chi connectivity index (χ1n) is 6.05. The Kier molecular flexibility index (Phi) is 4.18. The van der Waals surface area contributed by atoms with Crippen LogP contribution in [0.4, 0.5) is 5.69 Å². The number of rotatable bonds is 4. The fourth-order valence-corrected chi connectivity index (χ4v) is 1.67. The third kappa shape index (κ3) is 3.58. The summed E-state index contributed by atoms with van der Waals surface area (Å²) in [6.45, 7) is 2.06. The molecule has 0 aliphatic rings. The molecule has 0 saturated carbocycles. The molecule has 0 bridgehead atoms. The maximum Gasteiger partial charge on any atom is 0.124 e. The van der Waals surface area contributed by atoms with Gasteiger partial charge in [0.25, 0.3) is 0 Å². The molecule has 0 aliphatic carbocycles. The fraction of sp³-hybridized carbons (Fsp3) is 0.188. The first-order valence-corrected chi connectivity index (χ1v) is 6.05. The topological polar surface area (TPSA) is 30.8 Å². The Hall–Kier alpha value is -2.29. The summed E-state index contributed by atoms with van der Waals surface area (Å²) in [6.07, 6.45) is 1.83. The van der Waals surface area contributed by atoms with Crippen LogP contribution in [0.25, 0.3) is 0 Å². The predicted molar refractivity (Wildman–Crippen MR) is 78.0 cm³/mol. The molecule has 0 aliphatic heterocycles. The van der Waals surface area contributed by atoms with Crippen molar-refractivity contribution in [2.75, 3.05) is 14.2 Å². The van der Waals surface area contributed by atoms with Gasteiger partial charge in [0.05, 0.1) is 19.9 Å². The first-order chi connectivity index (χ1) is 9.21. The Morgan fingerprint density at radius 3 is 2.00 bits per heavy atom. The summed E-state index contributed by atoms with van der Waals surface area (Å²) in [4.78, 5) is 4.44. The summed E-state index contributed by atoms with van der Waals surface area (Å²) in [5.41, 5.74) is 3.10.